The Morgan fingerprint density at radius 2 is 1.86 bits per heavy atom. The summed E-state index contributed by atoms with van der Waals surface area (Å²) in [5, 5.41) is 2.90. The van der Waals surface area contributed by atoms with Crippen LogP contribution in [0.15, 0.2) is 53.0 Å². The third-order valence-electron chi connectivity index (χ3n) is 3.01. The Hall–Kier alpha value is -1.81. The average molecular weight is 348 g/mol. The molecule has 1 N–H and O–H groups in total. The summed E-state index contributed by atoms with van der Waals surface area (Å²) < 4.78 is 6.49. The number of nitrogens with one attached hydrogen (secondary N) is 1. The summed E-state index contributed by atoms with van der Waals surface area (Å²) in [4.78, 5) is 12.3. The molecule has 2 aromatic rings. The zero-order valence-corrected chi connectivity index (χ0v) is 13.5. The molecule has 2 aromatic carbocycles. The molecule has 0 atom stereocenters. The molecule has 4 heteroatoms. The van der Waals surface area contributed by atoms with Gasteiger partial charge in [-0.3, -0.25) is 4.79 Å². The van der Waals surface area contributed by atoms with Gasteiger partial charge in [0.1, 0.15) is 5.75 Å². The number of ether oxygens (including phenoxy) is 1. The van der Waals surface area contributed by atoms with Crippen molar-refractivity contribution in [1.29, 1.82) is 0 Å². The van der Waals surface area contributed by atoms with Gasteiger partial charge in [0.2, 0.25) is 0 Å². The number of carbonyl (C=O) groups is 1. The van der Waals surface area contributed by atoms with Gasteiger partial charge in [-0.05, 0) is 46.6 Å². The standard InChI is InChI=1S/C17H18BrNO2/c1-2-3-12-21-16-11-7-6-10-15(16)19-17(20)13-8-4-5-9-14(13)18/h4-11H,2-3,12H2,1H3,(H,19,20). The van der Waals surface area contributed by atoms with Crippen LogP contribution in [0.1, 0.15) is 30.1 Å². The molecule has 0 aliphatic carbocycles. The third kappa shape index (κ3) is 4.33. The van der Waals surface area contributed by atoms with Crippen LogP contribution >= 0.6 is 15.9 Å². The van der Waals surface area contributed by atoms with E-state index in [4.69, 9.17) is 4.74 Å². The lowest BCUT2D eigenvalue weighted by Crippen LogP contribution is -2.13. The highest BCUT2D eigenvalue weighted by atomic mass is 79.9. The van der Waals surface area contributed by atoms with Crippen molar-refractivity contribution in [1.82, 2.24) is 0 Å². The zero-order chi connectivity index (χ0) is 15.1. The van der Waals surface area contributed by atoms with E-state index in [0.717, 1.165) is 17.3 Å². The summed E-state index contributed by atoms with van der Waals surface area (Å²) in [6.07, 6.45) is 2.07. The van der Waals surface area contributed by atoms with Gasteiger partial charge in [0.15, 0.2) is 0 Å². The van der Waals surface area contributed by atoms with Gasteiger partial charge in [-0.1, -0.05) is 37.6 Å². The Morgan fingerprint density at radius 3 is 2.62 bits per heavy atom. The predicted molar refractivity (Wildman–Crippen MR) is 88.9 cm³/mol. The van der Waals surface area contributed by atoms with E-state index < -0.39 is 0 Å². The number of rotatable bonds is 6. The van der Waals surface area contributed by atoms with Crippen LogP contribution in [0.4, 0.5) is 5.69 Å². The second-order valence-electron chi connectivity index (χ2n) is 4.63. The highest BCUT2D eigenvalue weighted by Crippen LogP contribution is 2.25. The molecule has 0 bridgehead atoms. The smallest absolute Gasteiger partial charge is 0.256 e. The summed E-state index contributed by atoms with van der Waals surface area (Å²) in [6, 6.07) is 14.8. The fourth-order valence-corrected chi connectivity index (χ4v) is 2.32. The monoisotopic (exact) mass is 347 g/mol. The maximum absolute atomic E-state index is 12.3. The lowest BCUT2D eigenvalue weighted by molar-refractivity contribution is 0.102. The van der Waals surface area contributed by atoms with Gasteiger partial charge in [0.25, 0.3) is 5.91 Å². The second-order valence-corrected chi connectivity index (χ2v) is 5.49. The Labute approximate surface area is 133 Å². The van der Waals surface area contributed by atoms with Crippen LogP contribution in [0.3, 0.4) is 0 Å². The van der Waals surface area contributed by atoms with Crippen molar-refractivity contribution in [2.45, 2.75) is 19.8 Å². The number of carbonyl (C=O) groups excluding carboxylic acids is 1. The van der Waals surface area contributed by atoms with Gasteiger partial charge < -0.3 is 10.1 Å². The minimum absolute atomic E-state index is 0.158. The van der Waals surface area contributed by atoms with E-state index in [-0.39, 0.29) is 5.91 Å². The van der Waals surface area contributed by atoms with Crippen molar-refractivity contribution >= 4 is 27.5 Å². The van der Waals surface area contributed by atoms with Gasteiger partial charge in [-0.15, -0.1) is 0 Å². The van der Waals surface area contributed by atoms with E-state index in [9.17, 15) is 4.79 Å². The fourth-order valence-electron chi connectivity index (χ4n) is 1.86. The molecule has 2 rings (SSSR count). The number of benzene rings is 2. The van der Waals surface area contributed by atoms with Crippen LogP contribution in [0.25, 0.3) is 0 Å². The molecule has 110 valence electrons. The summed E-state index contributed by atoms with van der Waals surface area (Å²) in [6.45, 7) is 2.77. The molecule has 3 nitrogen and oxygen atoms in total. The van der Waals surface area contributed by atoms with Gasteiger partial charge in [0, 0.05) is 4.47 Å². The van der Waals surface area contributed by atoms with Gasteiger partial charge in [-0.25, -0.2) is 0 Å². The number of amides is 1. The number of anilines is 1. The van der Waals surface area contributed by atoms with Crippen molar-refractivity contribution in [3.8, 4) is 5.75 Å². The fraction of sp³-hybridized carbons (Fsp3) is 0.235. The Bertz CT molecular complexity index is 613. The van der Waals surface area contributed by atoms with E-state index in [2.05, 4.69) is 28.2 Å². The lowest BCUT2D eigenvalue weighted by Gasteiger charge is -2.12. The average Bonchev–Trinajstić information content (AvgIpc) is 2.49. The van der Waals surface area contributed by atoms with Crippen LogP contribution in [0.2, 0.25) is 0 Å². The molecular weight excluding hydrogens is 330 g/mol. The van der Waals surface area contributed by atoms with Crippen molar-refractivity contribution in [3.63, 3.8) is 0 Å². The highest BCUT2D eigenvalue weighted by molar-refractivity contribution is 9.10. The minimum atomic E-state index is -0.158. The number of para-hydroxylation sites is 2. The number of hydrogen-bond donors (Lipinski definition) is 1. The molecule has 0 spiro atoms. The van der Waals surface area contributed by atoms with E-state index >= 15 is 0 Å². The van der Waals surface area contributed by atoms with Crippen LogP contribution < -0.4 is 10.1 Å². The van der Waals surface area contributed by atoms with Crippen LogP contribution in [0, 0.1) is 0 Å². The summed E-state index contributed by atoms with van der Waals surface area (Å²) >= 11 is 3.39. The van der Waals surface area contributed by atoms with E-state index in [1.165, 1.54) is 0 Å². The topological polar surface area (TPSA) is 38.3 Å². The molecule has 0 heterocycles. The summed E-state index contributed by atoms with van der Waals surface area (Å²) in [5.41, 5.74) is 1.29. The molecule has 0 unspecified atom stereocenters. The molecule has 0 fully saturated rings. The minimum Gasteiger partial charge on any atom is -0.491 e. The molecule has 0 radical (unpaired) electrons. The summed E-state index contributed by atoms with van der Waals surface area (Å²) in [5.74, 6) is 0.542. The number of halogens is 1. The second kappa shape index (κ2) is 7.84. The summed E-state index contributed by atoms with van der Waals surface area (Å²) in [7, 11) is 0. The van der Waals surface area contributed by atoms with E-state index in [1.807, 2.05) is 42.5 Å². The van der Waals surface area contributed by atoms with Crippen molar-refractivity contribution in [3.05, 3.63) is 58.6 Å². The molecule has 1 amide bonds. The van der Waals surface area contributed by atoms with Crippen molar-refractivity contribution < 1.29 is 9.53 Å². The quantitative estimate of drug-likeness (QED) is 0.756. The molecule has 0 saturated carbocycles. The Kier molecular flexibility index (Phi) is 5.81. The number of unbranched alkanes of at least 4 members (excludes halogenated alkanes) is 1. The molecule has 0 saturated heterocycles. The largest absolute Gasteiger partial charge is 0.491 e. The lowest BCUT2D eigenvalue weighted by atomic mass is 10.2. The predicted octanol–water partition coefficient (Wildman–Crippen LogP) is 4.88. The van der Waals surface area contributed by atoms with Crippen molar-refractivity contribution in [2.75, 3.05) is 11.9 Å². The van der Waals surface area contributed by atoms with Gasteiger partial charge in [0.05, 0.1) is 17.9 Å². The van der Waals surface area contributed by atoms with Gasteiger partial charge >= 0.3 is 0 Å². The molecule has 0 aliphatic rings. The normalized spacial score (nSPS) is 10.2. The maximum atomic E-state index is 12.3. The molecule has 21 heavy (non-hydrogen) atoms. The zero-order valence-electron chi connectivity index (χ0n) is 11.9. The van der Waals surface area contributed by atoms with E-state index in [1.54, 1.807) is 6.07 Å². The van der Waals surface area contributed by atoms with Crippen molar-refractivity contribution in [2.24, 2.45) is 0 Å². The maximum Gasteiger partial charge on any atom is 0.256 e. The first-order valence-corrected chi connectivity index (χ1v) is 7.79. The third-order valence-corrected chi connectivity index (χ3v) is 3.70. The first kappa shape index (κ1) is 15.6. The first-order chi connectivity index (χ1) is 10.2. The van der Waals surface area contributed by atoms with Crippen LogP contribution in [-0.2, 0) is 0 Å². The molecular formula is C17H18BrNO2. The Balaban J connectivity index is 2.12. The molecule has 0 aliphatic heterocycles. The SMILES string of the molecule is CCCCOc1ccccc1NC(=O)c1ccccc1Br. The number of hydrogen-bond acceptors (Lipinski definition) is 2. The molecule has 0 aromatic heterocycles. The van der Waals surface area contributed by atoms with Gasteiger partial charge in [-0.2, -0.15) is 0 Å². The Morgan fingerprint density at radius 1 is 1.14 bits per heavy atom. The van der Waals surface area contributed by atoms with Crippen LogP contribution in [0.5, 0.6) is 5.75 Å². The highest BCUT2D eigenvalue weighted by Gasteiger charge is 2.12. The first-order valence-electron chi connectivity index (χ1n) is 7.00. The van der Waals surface area contributed by atoms with Crippen LogP contribution in [-0.4, -0.2) is 12.5 Å². The van der Waals surface area contributed by atoms with E-state index in [0.29, 0.717) is 23.6 Å².